The zero-order valence-electron chi connectivity index (χ0n) is 10.9. The summed E-state index contributed by atoms with van der Waals surface area (Å²) < 4.78 is 1.82. The maximum Gasteiger partial charge on any atom is 0.146 e. The fraction of sp³-hybridized carbons (Fsp3) is 0.692. The van der Waals surface area contributed by atoms with Crippen LogP contribution >= 0.6 is 0 Å². The summed E-state index contributed by atoms with van der Waals surface area (Å²) >= 11 is 0. The third-order valence-electron chi connectivity index (χ3n) is 3.95. The molecule has 0 saturated carbocycles. The van der Waals surface area contributed by atoms with E-state index in [0.29, 0.717) is 12.2 Å². The Bertz CT molecular complexity index is 416. The van der Waals surface area contributed by atoms with Gasteiger partial charge in [-0.25, -0.2) is 0 Å². The summed E-state index contributed by atoms with van der Waals surface area (Å²) in [6.07, 6.45) is 2.40. The number of hydrogen-bond donors (Lipinski definition) is 1. The van der Waals surface area contributed by atoms with Gasteiger partial charge in [-0.1, -0.05) is 6.92 Å². The number of aryl methyl sites for hydroxylation is 2. The molecule has 1 N–H and O–H groups in total. The Labute approximate surface area is 102 Å². The van der Waals surface area contributed by atoms with Crippen molar-refractivity contribution in [3.63, 3.8) is 0 Å². The van der Waals surface area contributed by atoms with Gasteiger partial charge in [0.2, 0.25) is 0 Å². The van der Waals surface area contributed by atoms with Crippen LogP contribution in [-0.4, -0.2) is 28.7 Å². The smallest absolute Gasteiger partial charge is 0.146 e. The molecular weight excluding hydrogens is 214 g/mol. The fourth-order valence-corrected chi connectivity index (χ4v) is 2.66. The van der Waals surface area contributed by atoms with Crippen molar-refractivity contribution in [2.75, 3.05) is 13.1 Å². The van der Waals surface area contributed by atoms with E-state index in [1.54, 1.807) is 0 Å². The first-order valence-corrected chi connectivity index (χ1v) is 6.31. The number of ketones is 1. The highest BCUT2D eigenvalue weighted by Crippen LogP contribution is 2.31. The predicted molar refractivity (Wildman–Crippen MR) is 66.9 cm³/mol. The van der Waals surface area contributed by atoms with E-state index in [0.717, 1.165) is 37.3 Å². The Morgan fingerprint density at radius 1 is 1.65 bits per heavy atom. The molecule has 1 fully saturated rings. The molecule has 1 saturated heterocycles. The summed E-state index contributed by atoms with van der Waals surface area (Å²) in [5, 5.41) is 7.60. The molecule has 0 aliphatic carbocycles. The van der Waals surface area contributed by atoms with E-state index in [4.69, 9.17) is 0 Å². The summed E-state index contributed by atoms with van der Waals surface area (Å²) in [6.45, 7) is 5.86. The molecule has 1 atom stereocenters. The standard InChI is InChI=1S/C13H21N3O/c1-4-13(5-6-14-9-13)12(17)8-11-7-10(2)15-16(11)3/h7,14H,4-6,8-9H2,1-3H3. The summed E-state index contributed by atoms with van der Waals surface area (Å²) in [7, 11) is 1.90. The molecule has 4 nitrogen and oxygen atoms in total. The van der Waals surface area contributed by atoms with Crippen LogP contribution in [0.25, 0.3) is 0 Å². The van der Waals surface area contributed by atoms with Crippen LogP contribution < -0.4 is 5.32 Å². The Morgan fingerprint density at radius 3 is 2.88 bits per heavy atom. The van der Waals surface area contributed by atoms with Crippen LogP contribution in [0.1, 0.15) is 31.2 Å². The molecule has 0 aromatic carbocycles. The number of carbonyl (C=O) groups excluding carboxylic acids is 1. The highest BCUT2D eigenvalue weighted by Gasteiger charge is 2.39. The fourth-order valence-electron chi connectivity index (χ4n) is 2.66. The van der Waals surface area contributed by atoms with Crippen molar-refractivity contribution in [3.05, 3.63) is 17.5 Å². The van der Waals surface area contributed by atoms with Crippen LogP contribution in [0.3, 0.4) is 0 Å². The Kier molecular flexibility index (Phi) is 3.33. The molecule has 17 heavy (non-hydrogen) atoms. The summed E-state index contributed by atoms with van der Waals surface area (Å²) in [5.41, 5.74) is 1.86. The molecule has 1 aromatic rings. The first kappa shape index (κ1) is 12.3. The SMILES string of the molecule is CCC1(C(=O)Cc2cc(C)nn2C)CCNC1. The second-order valence-corrected chi connectivity index (χ2v) is 5.06. The minimum atomic E-state index is -0.141. The van der Waals surface area contributed by atoms with E-state index in [-0.39, 0.29) is 5.41 Å². The first-order chi connectivity index (χ1) is 8.07. The van der Waals surface area contributed by atoms with E-state index >= 15 is 0 Å². The van der Waals surface area contributed by atoms with Gasteiger partial charge in [-0.05, 0) is 32.4 Å². The number of aromatic nitrogens is 2. The Hall–Kier alpha value is -1.16. The van der Waals surface area contributed by atoms with Gasteiger partial charge >= 0.3 is 0 Å². The quantitative estimate of drug-likeness (QED) is 0.854. The number of nitrogens with one attached hydrogen (secondary N) is 1. The maximum atomic E-state index is 12.4. The van der Waals surface area contributed by atoms with Crippen molar-refractivity contribution in [1.29, 1.82) is 0 Å². The minimum absolute atomic E-state index is 0.141. The zero-order valence-corrected chi connectivity index (χ0v) is 10.9. The van der Waals surface area contributed by atoms with Gasteiger partial charge in [-0.2, -0.15) is 5.10 Å². The van der Waals surface area contributed by atoms with Crippen LogP contribution in [0.2, 0.25) is 0 Å². The van der Waals surface area contributed by atoms with Crippen molar-refractivity contribution in [3.8, 4) is 0 Å². The minimum Gasteiger partial charge on any atom is -0.316 e. The maximum absolute atomic E-state index is 12.4. The molecule has 0 spiro atoms. The summed E-state index contributed by atoms with van der Waals surface area (Å²) in [6, 6.07) is 2.00. The molecular formula is C13H21N3O. The van der Waals surface area contributed by atoms with Crippen molar-refractivity contribution >= 4 is 5.78 Å². The molecule has 2 heterocycles. The predicted octanol–water partition coefficient (Wildman–Crippen LogP) is 1.23. The largest absolute Gasteiger partial charge is 0.316 e. The van der Waals surface area contributed by atoms with E-state index in [2.05, 4.69) is 17.3 Å². The van der Waals surface area contributed by atoms with E-state index in [9.17, 15) is 4.79 Å². The number of nitrogens with zero attached hydrogens (tertiary/aromatic N) is 2. The lowest BCUT2D eigenvalue weighted by molar-refractivity contribution is -0.127. The highest BCUT2D eigenvalue weighted by molar-refractivity contribution is 5.87. The molecule has 0 bridgehead atoms. The number of rotatable bonds is 4. The lowest BCUT2D eigenvalue weighted by Gasteiger charge is -2.24. The van der Waals surface area contributed by atoms with E-state index in [1.165, 1.54) is 0 Å². The molecule has 1 aromatic heterocycles. The molecule has 0 amide bonds. The van der Waals surface area contributed by atoms with Crippen LogP contribution in [0.5, 0.6) is 0 Å². The van der Waals surface area contributed by atoms with Gasteiger partial charge in [0.05, 0.1) is 5.69 Å². The summed E-state index contributed by atoms with van der Waals surface area (Å²) in [5.74, 6) is 0.355. The Balaban J connectivity index is 2.13. The van der Waals surface area contributed by atoms with Crippen LogP contribution in [0.15, 0.2) is 6.07 Å². The van der Waals surface area contributed by atoms with Crippen LogP contribution in [0, 0.1) is 12.3 Å². The number of Topliss-reactive ketones (excluding diaryl/α,β-unsaturated/α-hetero) is 1. The molecule has 4 heteroatoms. The summed E-state index contributed by atoms with van der Waals surface area (Å²) in [4.78, 5) is 12.4. The molecule has 1 unspecified atom stereocenters. The average Bonchev–Trinajstić information content (AvgIpc) is 2.87. The highest BCUT2D eigenvalue weighted by atomic mass is 16.1. The monoisotopic (exact) mass is 235 g/mol. The third-order valence-corrected chi connectivity index (χ3v) is 3.95. The van der Waals surface area contributed by atoms with E-state index < -0.39 is 0 Å². The molecule has 0 radical (unpaired) electrons. The van der Waals surface area contributed by atoms with Gasteiger partial charge in [0.15, 0.2) is 0 Å². The number of hydrogen-bond acceptors (Lipinski definition) is 3. The number of carbonyl (C=O) groups is 1. The normalized spacial score (nSPS) is 24.2. The van der Waals surface area contributed by atoms with Gasteiger partial charge < -0.3 is 5.32 Å². The van der Waals surface area contributed by atoms with Gasteiger partial charge in [0.25, 0.3) is 0 Å². The van der Waals surface area contributed by atoms with Gasteiger partial charge in [-0.3, -0.25) is 9.48 Å². The first-order valence-electron chi connectivity index (χ1n) is 6.31. The second kappa shape index (κ2) is 4.61. The third kappa shape index (κ3) is 2.27. The average molecular weight is 235 g/mol. The van der Waals surface area contributed by atoms with Gasteiger partial charge in [0, 0.05) is 31.1 Å². The lowest BCUT2D eigenvalue weighted by Crippen LogP contribution is -2.34. The van der Waals surface area contributed by atoms with Crippen LogP contribution in [-0.2, 0) is 18.3 Å². The van der Waals surface area contributed by atoms with Crippen LogP contribution in [0.4, 0.5) is 0 Å². The van der Waals surface area contributed by atoms with Gasteiger partial charge in [0.1, 0.15) is 5.78 Å². The lowest BCUT2D eigenvalue weighted by atomic mass is 9.78. The Morgan fingerprint density at radius 2 is 2.41 bits per heavy atom. The van der Waals surface area contributed by atoms with Crippen molar-refractivity contribution < 1.29 is 4.79 Å². The topological polar surface area (TPSA) is 46.9 Å². The molecule has 1 aliphatic rings. The molecule has 2 rings (SSSR count). The van der Waals surface area contributed by atoms with Crippen molar-refractivity contribution in [2.45, 2.75) is 33.1 Å². The van der Waals surface area contributed by atoms with Gasteiger partial charge in [-0.15, -0.1) is 0 Å². The molecule has 94 valence electrons. The van der Waals surface area contributed by atoms with Crippen molar-refractivity contribution in [2.24, 2.45) is 12.5 Å². The zero-order chi connectivity index (χ0) is 12.5. The van der Waals surface area contributed by atoms with Crippen molar-refractivity contribution in [1.82, 2.24) is 15.1 Å². The molecule has 1 aliphatic heterocycles. The second-order valence-electron chi connectivity index (χ2n) is 5.06. The van der Waals surface area contributed by atoms with E-state index in [1.807, 2.05) is 24.7 Å².